The van der Waals surface area contributed by atoms with Gasteiger partial charge < -0.3 is 19.5 Å². The highest BCUT2D eigenvalue weighted by molar-refractivity contribution is 5.83. The van der Waals surface area contributed by atoms with Crippen molar-refractivity contribution in [3.63, 3.8) is 0 Å². The van der Waals surface area contributed by atoms with Gasteiger partial charge in [0.1, 0.15) is 18.3 Å². The van der Waals surface area contributed by atoms with Gasteiger partial charge in [0.15, 0.2) is 0 Å². The predicted octanol–water partition coefficient (Wildman–Crippen LogP) is 4.46. The van der Waals surface area contributed by atoms with Crippen LogP contribution in [-0.4, -0.2) is 74.0 Å². The van der Waals surface area contributed by atoms with Crippen molar-refractivity contribution >= 4 is 17.0 Å². The highest BCUT2D eigenvalue weighted by Gasteiger charge is 2.30. The molecule has 0 bridgehead atoms. The summed E-state index contributed by atoms with van der Waals surface area (Å²) in [4.78, 5) is 24.4. The number of amides is 1. The molecular formula is C26H38N6O2. The summed E-state index contributed by atoms with van der Waals surface area (Å²) in [5.74, 6) is 0. The molecule has 184 valence electrons. The number of aromatic amines is 1. The number of piperidine rings is 1. The van der Waals surface area contributed by atoms with E-state index in [1.807, 2.05) is 30.4 Å². The summed E-state index contributed by atoms with van der Waals surface area (Å²) < 4.78 is 7.50. The molecule has 1 N–H and O–H groups in total. The van der Waals surface area contributed by atoms with Crippen LogP contribution in [0.25, 0.3) is 10.9 Å². The summed E-state index contributed by atoms with van der Waals surface area (Å²) in [5.41, 5.74) is 3.25. The molecule has 3 heterocycles. The van der Waals surface area contributed by atoms with E-state index < -0.39 is 5.60 Å². The summed E-state index contributed by atoms with van der Waals surface area (Å²) in [5, 5.41) is 5.48. The summed E-state index contributed by atoms with van der Waals surface area (Å²) in [6, 6.07) is 6.79. The lowest BCUT2D eigenvalue weighted by molar-refractivity contribution is 0.00797. The number of likely N-dealkylation sites (tertiary alicyclic amines) is 1. The van der Waals surface area contributed by atoms with Crippen LogP contribution in [0.1, 0.15) is 57.6 Å². The molecule has 2 aromatic heterocycles. The number of carbonyl (C=O) groups is 1. The number of hydrogen-bond acceptors (Lipinski definition) is 5. The number of H-pyrrole nitrogens is 1. The maximum absolute atomic E-state index is 12.7. The largest absolute Gasteiger partial charge is 0.444 e. The van der Waals surface area contributed by atoms with Crippen LogP contribution in [0.4, 0.5) is 4.79 Å². The molecule has 8 heteroatoms. The zero-order chi connectivity index (χ0) is 24.1. The molecule has 3 aromatic rings. The minimum absolute atomic E-state index is 0.166. The predicted molar refractivity (Wildman–Crippen MR) is 134 cm³/mol. The average Bonchev–Trinajstić information content (AvgIpc) is 3.45. The highest BCUT2D eigenvalue weighted by Crippen LogP contribution is 2.24. The number of carbonyl (C=O) groups excluding carboxylic acids is 1. The molecule has 0 aliphatic carbocycles. The quantitative estimate of drug-likeness (QED) is 0.530. The van der Waals surface area contributed by atoms with Crippen molar-refractivity contribution in [1.29, 1.82) is 0 Å². The van der Waals surface area contributed by atoms with E-state index in [1.165, 1.54) is 22.9 Å². The maximum atomic E-state index is 12.7. The van der Waals surface area contributed by atoms with Crippen LogP contribution in [0, 0.1) is 0 Å². The van der Waals surface area contributed by atoms with Crippen molar-refractivity contribution in [1.82, 2.24) is 29.5 Å². The van der Waals surface area contributed by atoms with Gasteiger partial charge >= 0.3 is 6.09 Å². The second-order valence-corrected chi connectivity index (χ2v) is 10.5. The number of rotatable bonds is 8. The van der Waals surface area contributed by atoms with E-state index in [2.05, 4.69) is 51.4 Å². The topological polar surface area (TPSA) is 79.3 Å². The number of hydrogen-bond donors (Lipinski definition) is 1. The van der Waals surface area contributed by atoms with Crippen LogP contribution in [0.5, 0.6) is 0 Å². The highest BCUT2D eigenvalue weighted by atomic mass is 16.6. The van der Waals surface area contributed by atoms with Crippen molar-refractivity contribution in [2.45, 2.75) is 71.1 Å². The van der Waals surface area contributed by atoms with E-state index >= 15 is 0 Å². The lowest BCUT2D eigenvalue weighted by Gasteiger charge is -2.37. The Morgan fingerprint density at radius 1 is 1.26 bits per heavy atom. The van der Waals surface area contributed by atoms with Crippen molar-refractivity contribution in [3.05, 3.63) is 48.2 Å². The van der Waals surface area contributed by atoms with E-state index in [9.17, 15) is 4.79 Å². The number of nitrogens with one attached hydrogen (secondary N) is 1. The van der Waals surface area contributed by atoms with Gasteiger partial charge in [-0.15, -0.1) is 0 Å². The van der Waals surface area contributed by atoms with E-state index in [4.69, 9.17) is 4.74 Å². The molecule has 1 amide bonds. The van der Waals surface area contributed by atoms with Gasteiger partial charge in [0.05, 0.1) is 6.54 Å². The Labute approximate surface area is 202 Å². The van der Waals surface area contributed by atoms with Gasteiger partial charge in [-0.25, -0.2) is 14.5 Å². The molecule has 1 aliphatic rings. The third-order valence-electron chi connectivity index (χ3n) is 6.51. The van der Waals surface area contributed by atoms with Crippen LogP contribution < -0.4 is 0 Å². The van der Waals surface area contributed by atoms with Crippen LogP contribution >= 0.6 is 0 Å². The summed E-state index contributed by atoms with van der Waals surface area (Å²) in [6.07, 6.45) is 10.5. The SMILES string of the molecule is CN(CCc1c[nH]c2ccc(Cn3cncn3)cc12)CC[C@@H]1CCCCN1C(=O)OC(C)(C)C. The number of likely N-dealkylation sites (N-methyl/N-ethyl adjacent to an activating group) is 1. The first kappa shape index (κ1) is 24.3. The molecule has 1 aromatic carbocycles. The molecule has 0 spiro atoms. The van der Waals surface area contributed by atoms with Gasteiger partial charge in [-0.3, -0.25) is 0 Å². The van der Waals surface area contributed by atoms with Crippen LogP contribution in [0.2, 0.25) is 0 Å². The molecule has 4 rings (SSSR count). The number of ether oxygens (including phenoxy) is 1. The maximum Gasteiger partial charge on any atom is 0.410 e. The molecule has 1 fully saturated rings. The van der Waals surface area contributed by atoms with E-state index in [-0.39, 0.29) is 12.1 Å². The van der Waals surface area contributed by atoms with Crippen LogP contribution in [0.3, 0.4) is 0 Å². The summed E-state index contributed by atoms with van der Waals surface area (Å²) >= 11 is 0. The minimum Gasteiger partial charge on any atom is -0.444 e. The molecule has 34 heavy (non-hydrogen) atoms. The van der Waals surface area contributed by atoms with Crippen LogP contribution in [-0.2, 0) is 17.7 Å². The summed E-state index contributed by atoms with van der Waals surface area (Å²) in [6.45, 7) is 9.24. The zero-order valence-corrected chi connectivity index (χ0v) is 21.0. The minimum atomic E-state index is -0.454. The molecule has 1 aliphatic heterocycles. The van der Waals surface area contributed by atoms with Gasteiger partial charge in [-0.05, 0) is 89.7 Å². The van der Waals surface area contributed by atoms with Gasteiger partial charge in [0.2, 0.25) is 0 Å². The molecule has 1 atom stereocenters. The fraction of sp³-hybridized carbons (Fsp3) is 0.577. The Morgan fingerprint density at radius 2 is 2.12 bits per heavy atom. The first-order valence-electron chi connectivity index (χ1n) is 12.4. The lowest BCUT2D eigenvalue weighted by atomic mass is 9.99. The monoisotopic (exact) mass is 466 g/mol. The van der Waals surface area contributed by atoms with Gasteiger partial charge in [0, 0.05) is 36.2 Å². The lowest BCUT2D eigenvalue weighted by Crippen LogP contribution is -2.47. The molecule has 0 radical (unpaired) electrons. The average molecular weight is 467 g/mol. The molecular weight excluding hydrogens is 428 g/mol. The fourth-order valence-corrected chi connectivity index (χ4v) is 4.69. The van der Waals surface area contributed by atoms with Gasteiger partial charge in [0.25, 0.3) is 0 Å². The Hall–Kier alpha value is -2.87. The fourth-order valence-electron chi connectivity index (χ4n) is 4.69. The Kier molecular flexibility index (Phi) is 7.56. The van der Waals surface area contributed by atoms with Crippen molar-refractivity contribution < 1.29 is 9.53 Å². The van der Waals surface area contributed by atoms with Gasteiger partial charge in [-0.2, -0.15) is 5.10 Å². The number of benzene rings is 1. The molecule has 0 unspecified atom stereocenters. The van der Waals surface area contributed by atoms with Crippen molar-refractivity contribution in [2.24, 2.45) is 0 Å². The first-order valence-corrected chi connectivity index (χ1v) is 12.4. The Balaban J connectivity index is 1.31. The molecule has 8 nitrogen and oxygen atoms in total. The zero-order valence-electron chi connectivity index (χ0n) is 21.0. The molecule has 1 saturated heterocycles. The van der Waals surface area contributed by atoms with E-state index in [0.29, 0.717) is 0 Å². The van der Waals surface area contributed by atoms with E-state index in [1.54, 1.807) is 12.7 Å². The number of aromatic nitrogens is 4. The number of nitrogens with zero attached hydrogens (tertiary/aromatic N) is 5. The van der Waals surface area contributed by atoms with Crippen molar-refractivity contribution in [2.75, 3.05) is 26.7 Å². The standard InChI is InChI=1S/C26H38N6O2/c1-26(2,3)34-25(33)32-12-6-5-7-22(32)11-14-30(4)13-10-21-16-28-24-9-8-20(15-23(21)24)17-31-19-27-18-29-31/h8-9,15-16,18-19,22,28H,5-7,10-14,17H2,1-4H3/t22-/m0/s1. The third-order valence-corrected chi connectivity index (χ3v) is 6.51. The normalized spacial score (nSPS) is 17.0. The number of fused-ring (bicyclic) bond motifs is 1. The Morgan fingerprint density at radius 3 is 2.88 bits per heavy atom. The first-order chi connectivity index (χ1) is 16.3. The smallest absolute Gasteiger partial charge is 0.410 e. The van der Waals surface area contributed by atoms with E-state index in [0.717, 1.165) is 57.4 Å². The van der Waals surface area contributed by atoms with Crippen LogP contribution in [0.15, 0.2) is 37.1 Å². The summed E-state index contributed by atoms with van der Waals surface area (Å²) in [7, 11) is 2.17. The van der Waals surface area contributed by atoms with Gasteiger partial charge in [-0.1, -0.05) is 6.07 Å². The third kappa shape index (κ3) is 6.38. The molecule has 0 saturated carbocycles. The van der Waals surface area contributed by atoms with Crippen molar-refractivity contribution in [3.8, 4) is 0 Å². The second-order valence-electron chi connectivity index (χ2n) is 10.5. The second kappa shape index (κ2) is 10.6. The Bertz CT molecular complexity index is 1070.